The van der Waals surface area contributed by atoms with Gasteiger partial charge >= 0.3 is 0 Å². The lowest BCUT2D eigenvalue weighted by Gasteiger charge is -2.05. The Labute approximate surface area is 76.6 Å². The molecule has 0 aromatic carbocycles. The number of hydrogen-bond acceptors (Lipinski definition) is 4. The Kier molecular flexibility index (Phi) is 3.42. The first kappa shape index (κ1) is 9.70. The van der Waals surface area contributed by atoms with Crippen molar-refractivity contribution in [2.45, 2.75) is 13.3 Å². The molecule has 72 valence electrons. The van der Waals surface area contributed by atoms with Crippen LogP contribution in [0.25, 0.3) is 0 Å². The van der Waals surface area contributed by atoms with Crippen LogP contribution in [-0.4, -0.2) is 23.6 Å². The maximum absolute atomic E-state index is 13.0. The van der Waals surface area contributed by atoms with E-state index in [9.17, 15) is 4.39 Å². The van der Waals surface area contributed by atoms with E-state index in [-0.39, 0.29) is 5.82 Å². The number of nitrogens with zero attached hydrogens (tertiary/aromatic N) is 2. The minimum Gasteiger partial charge on any atom is -0.367 e. The molecule has 0 bridgehead atoms. The summed E-state index contributed by atoms with van der Waals surface area (Å²) in [6.07, 6.45) is 2.08. The molecule has 13 heavy (non-hydrogen) atoms. The smallest absolute Gasteiger partial charge is 0.224 e. The van der Waals surface area contributed by atoms with Gasteiger partial charge in [0.2, 0.25) is 5.95 Å². The van der Waals surface area contributed by atoms with Crippen molar-refractivity contribution in [1.82, 2.24) is 9.97 Å². The third kappa shape index (κ3) is 2.54. The third-order valence-corrected chi connectivity index (χ3v) is 1.51. The summed E-state index contributed by atoms with van der Waals surface area (Å²) < 4.78 is 13.0. The highest BCUT2D eigenvalue weighted by Crippen LogP contribution is 2.10. The van der Waals surface area contributed by atoms with Crippen LogP contribution < -0.4 is 10.6 Å². The molecule has 0 spiro atoms. The first-order valence-corrected chi connectivity index (χ1v) is 4.22. The highest BCUT2D eigenvalue weighted by atomic mass is 19.1. The van der Waals surface area contributed by atoms with Gasteiger partial charge in [0.25, 0.3) is 0 Å². The van der Waals surface area contributed by atoms with Crippen LogP contribution in [0.1, 0.15) is 13.3 Å². The van der Waals surface area contributed by atoms with Crippen molar-refractivity contribution >= 4 is 11.8 Å². The van der Waals surface area contributed by atoms with Crippen LogP contribution in [0.2, 0.25) is 0 Å². The molecule has 0 amide bonds. The summed E-state index contributed by atoms with van der Waals surface area (Å²) in [5.41, 5.74) is 0. The summed E-state index contributed by atoms with van der Waals surface area (Å²) in [4.78, 5) is 7.65. The minimum atomic E-state index is -0.424. The van der Waals surface area contributed by atoms with Crippen molar-refractivity contribution in [2.24, 2.45) is 0 Å². The van der Waals surface area contributed by atoms with Gasteiger partial charge in [-0.2, -0.15) is 4.98 Å². The molecular formula is C8H13FN4. The molecule has 0 unspecified atom stereocenters. The van der Waals surface area contributed by atoms with Crippen LogP contribution >= 0.6 is 0 Å². The molecule has 2 N–H and O–H groups in total. The van der Waals surface area contributed by atoms with Crippen LogP contribution in [0.5, 0.6) is 0 Å². The molecule has 5 heteroatoms. The molecule has 0 saturated carbocycles. The normalized spacial score (nSPS) is 9.77. The van der Waals surface area contributed by atoms with Crippen molar-refractivity contribution in [3.05, 3.63) is 12.0 Å². The van der Waals surface area contributed by atoms with Gasteiger partial charge in [0.15, 0.2) is 11.6 Å². The zero-order valence-electron chi connectivity index (χ0n) is 7.76. The molecule has 1 rings (SSSR count). The van der Waals surface area contributed by atoms with Gasteiger partial charge in [-0.1, -0.05) is 6.92 Å². The molecule has 0 saturated heterocycles. The fourth-order valence-electron chi connectivity index (χ4n) is 0.855. The van der Waals surface area contributed by atoms with E-state index in [2.05, 4.69) is 20.6 Å². The second-order valence-corrected chi connectivity index (χ2v) is 2.57. The fraction of sp³-hybridized carbons (Fsp3) is 0.500. The Bertz CT molecular complexity index is 277. The lowest BCUT2D eigenvalue weighted by atomic mass is 10.4. The number of aromatic nitrogens is 2. The maximum atomic E-state index is 13.0. The Morgan fingerprint density at radius 3 is 2.92 bits per heavy atom. The molecule has 0 aliphatic heterocycles. The average molecular weight is 184 g/mol. The van der Waals surface area contributed by atoms with Gasteiger partial charge in [-0.15, -0.1) is 0 Å². The molecule has 0 atom stereocenters. The molecule has 1 aromatic rings. The molecule has 0 aliphatic rings. The summed E-state index contributed by atoms with van der Waals surface area (Å²) in [6.45, 7) is 2.71. The topological polar surface area (TPSA) is 49.8 Å². The molecule has 0 fully saturated rings. The van der Waals surface area contributed by atoms with Crippen LogP contribution in [0, 0.1) is 5.82 Å². The Balaban J connectivity index is 2.78. The van der Waals surface area contributed by atoms with E-state index >= 15 is 0 Å². The molecular weight excluding hydrogens is 171 g/mol. The second kappa shape index (κ2) is 4.59. The summed E-state index contributed by atoms with van der Waals surface area (Å²) in [6, 6.07) is 0. The highest BCUT2D eigenvalue weighted by molar-refractivity contribution is 5.40. The minimum absolute atomic E-state index is 0.251. The van der Waals surface area contributed by atoms with Crippen LogP contribution in [0.4, 0.5) is 16.2 Å². The van der Waals surface area contributed by atoms with Gasteiger partial charge in [-0.05, 0) is 6.42 Å². The lowest BCUT2D eigenvalue weighted by Crippen LogP contribution is -2.07. The summed E-state index contributed by atoms with van der Waals surface area (Å²) in [5.74, 6) is 0.244. The standard InChI is InChI=1S/C8H13FN4/c1-3-4-11-7-6(9)5-12-8(10-2)13-7/h5H,3-4H2,1-2H3,(H2,10,11,12,13). The van der Waals surface area contributed by atoms with Crippen molar-refractivity contribution in [3.63, 3.8) is 0 Å². The number of rotatable bonds is 4. The number of hydrogen-bond donors (Lipinski definition) is 2. The van der Waals surface area contributed by atoms with E-state index in [1.54, 1.807) is 7.05 Å². The number of halogens is 1. The number of anilines is 2. The summed E-state index contributed by atoms with van der Waals surface area (Å²) in [7, 11) is 1.69. The average Bonchev–Trinajstić information content (AvgIpc) is 2.17. The van der Waals surface area contributed by atoms with E-state index in [0.29, 0.717) is 12.5 Å². The SMILES string of the molecule is CCCNc1nc(NC)ncc1F. The fourth-order valence-corrected chi connectivity index (χ4v) is 0.855. The van der Waals surface area contributed by atoms with Gasteiger partial charge in [-0.25, -0.2) is 9.37 Å². The van der Waals surface area contributed by atoms with E-state index < -0.39 is 5.82 Å². The maximum Gasteiger partial charge on any atom is 0.224 e. The molecule has 1 heterocycles. The van der Waals surface area contributed by atoms with E-state index in [0.717, 1.165) is 12.6 Å². The summed E-state index contributed by atoms with van der Waals surface area (Å²) >= 11 is 0. The van der Waals surface area contributed by atoms with Crippen LogP contribution in [0.3, 0.4) is 0 Å². The lowest BCUT2D eigenvalue weighted by molar-refractivity contribution is 0.617. The monoisotopic (exact) mass is 184 g/mol. The molecule has 0 radical (unpaired) electrons. The third-order valence-electron chi connectivity index (χ3n) is 1.51. The van der Waals surface area contributed by atoms with Crippen molar-refractivity contribution < 1.29 is 4.39 Å². The predicted octanol–water partition coefficient (Wildman–Crippen LogP) is 1.48. The van der Waals surface area contributed by atoms with E-state index in [4.69, 9.17) is 0 Å². The zero-order chi connectivity index (χ0) is 9.68. The van der Waals surface area contributed by atoms with Crippen LogP contribution in [-0.2, 0) is 0 Å². The quantitative estimate of drug-likeness (QED) is 0.744. The van der Waals surface area contributed by atoms with Crippen molar-refractivity contribution in [2.75, 3.05) is 24.2 Å². The molecule has 4 nitrogen and oxygen atoms in total. The Hall–Kier alpha value is -1.39. The Morgan fingerprint density at radius 2 is 2.31 bits per heavy atom. The van der Waals surface area contributed by atoms with E-state index in [1.807, 2.05) is 6.92 Å². The number of nitrogens with one attached hydrogen (secondary N) is 2. The Morgan fingerprint density at radius 1 is 1.54 bits per heavy atom. The zero-order valence-corrected chi connectivity index (χ0v) is 7.76. The second-order valence-electron chi connectivity index (χ2n) is 2.57. The molecule has 1 aromatic heterocycles. The largest absolute Gasteiger partial charge is 0.367 e. The van der Waals surface area contributed by atoms with Crippen LogP contribution in [0.15, 0.2) is 6.20 Å². The first-order chi connectivity index (χ1) is 6.27. The van der Waals surface area contributed by atoms with Gasteiger partial charge in [-0.3, -0.25) is 0 Å². The molecule has 0 aliphatic carbocycles. The predicted molar refractivity (Wildman–Crippen MR) is 50.3 cm³/mol. The summed E-state index contributed by atoms with van der Waals surface area (Å²) in [5, 5.41) is 5.61. The van der Waals surface area contributed by atoms with E-state index in [1.165, 1.54) is 0 Å². The van der Waals surface area contributed by atoms with Crippen molar-refractivity contribution in [3.8, 4) is 0 Å². The van der Waals surface area contributed by atoms with Gasteiger partial charge < -0.3 is 10.6 Å². The van der Waals surface area contributed by atoms with Gasteiger partial charge in [0.05, 0.1) is 6.20 Å². The first-order valence-electron chi connectivity index (χ1n) is 4.22. The van der Waals surface area contributed by atoms with Gasteiger partial charge in [0, 0.05) is 13.6 Å². The highest BCUT2D eigenvalue weighted by Gasteiger charge is 2.04. The van der Waals surface area contributed by atoms with Gasteiger partial charge in [0.1, 0.15) is 0 Å². The van der Waals surface area contributed by atoms with Crippen molar-refractivity contribution in [1.29, 1.82) is 0 Å².